The van der Waals surface area contributed by atoms with Gasteiger partial charge in [0.15, 0.2) is 0 Å². The number of nitrogens with one attached hydrogen (secondary N) is 1. The Kier molecular flexibility index (Phi) is 2.93. The maximum absolute atomic E-state index is 5.67. The van der Waals surface area contributed by atoms with Crippen molar-refractivity contribution in [3.05, 3.63) is 48.3 Å². The van der Waals surface area contributed by atoms with Crippen molar-refractivity contribution < 1.29 is 4.74 Å². The molecular formula is C15H15N3O. The van der Waals surface area contributed by atoms with Gasteiger partial charge in [0.2, 0.25) is 0 Å². The van der Waals surface area contributed by atoms with Crippen molar-refractivity contribution in [1.82, 2.24) is 9.97 Å². The Morgan fingerprint density at radius 3 is 3.00 bits per heavy atom. The summed E-state index contributed by atoms with van der Waals surface area (Å²) in [6, 6.07) is 9.92. The van der Waals surface area contributed by atoms with Crippen LogP contribution in [0.2, 0.25) is 0 Å². The second-order valence-corrected chi connectivity index (χ2v) is 4.34. The highest BCUT2D eigenvalue weighted by Crippen LogP contribution is 2.32. The first-order valence-corrected chi connectivity index (χ1v) is 6.13. The van der Waals surface area contributed by atoms with Gasteiger partial charge < -0.3 is 15.5 Å². The molecule has 0 saturated carbocycles. The molecule has 96 valence electrons. The van der Waals surface area contributed by atoms with E-state index in [1.165, 1.54) is 0 Å². The zero-order valence-electron chi connectivity index (χ0n) is 10.7. The molecule has 0 aliphatic carbocycles. The van der Waals surface area contributed by atoms with E-state index in [4.69, 9.17) is 10.5 Å². The third kappa shape index (κ3) is 1.96. The fraction of sp³-hybridized carbons (Fsp3) is 0.133. The molecule has 0 unspecified atom stereocenters. The lowest BCUT2D eigenvalue weighted by Gasteiger charge is -2.03. The Labute approximate surface area is 111 Å². The highest BCUT2D eigenvalue weighted by atomic mass is 16.5. The van der Waals surface area contributed by atoms with E-state index in [0.717, 1.165) is 33.5 Å². The van der Waals surface area contributed by atoms with E-state index in [2.05, 4.69) is 16.0 Å². The monoisotopic (exact) mass is 253 g/mol. The second-order valence-electron chi connectivity index (χ2n) is 4.34. The molecular weight excluding hydrogens is 238 g/mol. The number of pyridine rings is 1. The Bertz CT molecular complexity index is 718. The number of H-pyrrole nitrogens is 1. The average molecular weight is 253 g/mol. The number of para-hydroxylation sites is 1. The maximum Gasteiger partial charge on any atom is 0.142 e. The molecule has 3 N–H and O–H groups in total. The molecule has 1 aromatic carbocycles. The molecule has 2 aromatic heterocycles. The van der Waals surface area contributed by atoms with Gasteiger partial charge in [-0.05, 0) is 23.8 Å². The van der Waals surface area contributed by atoms with Gasteiger partial charge in [-0.3, -0.25) is 4.98 Å². The van der Waals surface area contributed by atoms with Gasteiger partial charge in [0.25, 0.3) is 0 Å². The van der Waals surface area contributed by atoms with E-state index >= 15 is 0 Å². The van der Waals surface area contributed by atoms with Crippen molar-refractivity contribution in [3.8, 4) is 17.0 Å². The van der Waals surface area contributed by atoms with Gasteiger partial charge in [0.05, 0.1) is 18.3 Å². The Balaban J connectivity index is 2.20. The van der Waals surface area contributed by atoms with Crippen LogP contribution >= 0.6 is 0 Å². The summed E-state index contributed by atoms with van der Waals surface area (Å²) >= 11 is 0. The number of nitrogens with two attached hydrogens (primary N) is 1. The molecule has 0 radical (unpaired) electrons. The van der Waals surface area contributed by atoms with E-state index in [0.29, 0.717) is 6.54 Å². The number of aromatic nitrogens is 2. The first-order chi connectivity index (χ1) is 9.33. The van der Waals surface area contributed by atoms with Crippen LogP contribution in [0, 0.1) is 0 Å². The number of hydrogen-bond acceptors (Lipinski definition) is 3. The molecule has 0 bridgehead atoms. The molecule has 0 atom stereocenters. The van der Waals surface area contributed by atoms with E-state index in [1.54, 1.807) is 13.3 Å². The predicted molar refractivity (Wildman–Crippen MR) is 76.0 cm³/mol. The van der Waals surface area contributed by atoms with Crippen LogP contribution in [0.25, 0.3) is 22.2 Å². The van der Waals surface area contributed by atoms with Crippen LogP contribution < -0.4 is 10.5 Å². The van der Waals surface area contributed by atoms with Crippen LogP contribution in [-0.2, 0) is 6.54 Å². The topological polar surface area (TPSA) is 63.9 Å². The minimum atomic E-state index is 0.515. The van der Waals surface area contributed by atoms with Gasteiger partial charge in [-0.25, -0.2) is 0 Å². The molecule has 0 spiro atoms. The number of ether oxygens (including phenoxy) is 1. The molecule has 4 nitrogen and oxygen atoms in total. The van der Waals surface area contributed by atoms with Crippen molar-refractivity contribution in [3.63, 3.8) is 0 Å². The van der Waals surface area contributed by atoms with Crippen molar-refractivity contribution >= 4 is 10.9 Å². The van der Waals surface area contributed by atoms with Gasteiger partial charge >= 0.3 is 0 Å². The summed E-state index contributed by atoms with van der Waals surface area (Å²) in [7, 11) is 1.67. The smallest absolute Gasteiger partial charge is 0.142 e. The van der Waals surface area contributed by atoms with Gasteiger partial charge in [0.1, 0.15) is 5.75 Å². The van der Waals surface area contributed by atoms with E-state index in [-0.39, 0.29) is 0 Å². The third-order valence-corrected chi connectivity index (χ3v) is 3.23. The van der Waals surface area contributed by atoms with Gasteiger partial charge in [-0.2, -0.15) is 0 Å². The Morgan fingerprint density at radius 2 is 2.21 bits per heavy atom. The normalized spacial score (nSPS) is 10.8. The van der Waals surface area contributed by atoms with Crippen LogP contribution in [0.15, 0.2) is 42.7 Å². The van der Waals surface area contributed by atoms with Crippen LogP contribution in [0.3, 0.4) is 0 Å². The van der Waals surface area contributed by atoms with Crippen molar-refractivity contribution in [2.24, 2.45) is 5.73 Å². The highest BCUT2D eigenvalue weighted by molar-refractivity contribution is 5.97. The molecule has 0 amide bonds. The summed E-state index contributed by atoms with van der Waals surface area (Å²) in [4.78, 5) is 7.67. The van der Waals surface area contributed by atoms with Gasteiger partial charge in [-0.1, -0.05) is 12.1 Å². The van der Waals surface area contributed by atoms with Gasteiger partial charge in [0, 0.05) is 29.9 Å². The number of fused-ring (bicyclic) bond motifs is 1. The lowest BCUT2D eigenvalue weighted by atomic mass is 10.1. The minimum Gasteiger partial charge on any atom is -0.495 e. The minimum absolute atomic E-state index is 0.515. The lowest BCUT2D eigenvalue weighted by Crippen LogP contribution is -1.96. The molecule has 0 aliphatic heterocycles. The maximum atomic E-state index is 5.67. The van der Waals surface area contributed by atoms with Crippen molar-refractivity contribution in [2.45, 2.75) is 6.54 Å². The number of nitrogens with zero attached hydrogens (tertiary/aromatic N) is 1. The first kappa shape index (κ1) is 11.7. The van der Waals surface area contributed by atoms with Crippen molar-refractivity contribution in [1.29, 1.82) is 0 Å². The van der Waals surface area contributed by atoms with Crippen LogP contribution in [0.1, 0.15) is 5.56 Å². The lowest BCUT2D eigenvalue weighted by molar-refractivity contribution is 0.419. The van der Waals surface area contributed by atoms with Crippen LogP contribution in [0.4, 0.5) is 0 Å². The zero-order chi connectivity index (χ0) is 13.2. The van der Waals surface area contributed by atoms with E-state index in [9.17, 15) is 0 Å². The van der Waals surface area contributed by atoms with Crippen LogP contribution in [-0.4, -0.2) is 17.1 Å². The zero-order valence-corrected chi connectivity index (χ0v) is 10.7. The molecule has 0 fully saturated rings. The number of methoxy groups -OCH3 is 1. The standard InChI is InChI=1S/C15H15N3O/c1-19-14-4-2-3-11-12(9-18-15(11)14)13-7-10(8-16)5-6-17-13/h2-7,9,18H,8,16H2,1H3. The molecule has 0 aliphatic rings. The third-order valence-electron chi connectivity index (χ3n) is 3.23. The molecule has 2 heterocycles. The fourth-order valence-electron chi connectivity index (χ4n) is 2.26. The molecule has 19 heavy (non-hydrogen) atoms. The number of rotatable bonds is 3. The summed E-state index contributed by atoms with van der Waals surface area (Å²) < 4.78 is 5.35. The summed E-state index contributed by atoms with van der Waals surface area (Å²) in [5.74, 6) is 0.832. The Hall–Kier alpha value is -2.33. The molecule has 3 aromatic rings. The fourth-order valence-corrected chi connectivity index (χ4v) is 2.26. The van der Waals surface area contributed by atoms with Crippen molar-refractivity contribution in [2.75, 3.05) is 7.11 Å². The predicted octanol–water partition coefficient (Wildman–Crippen LogP) is 2.70. The number of hydrogen-bond donors (Lipinski definition) is 2. The largest absolute Gasteiger partial charge is 0.495 e. The number of benzene rings is 1. The van der Waals surface area contributed by atoms with E-state index < -0.39 is 0 Å². The first-order valence-electron chi connectivity index (χ1n) is 6.13. The molecule has 4 heteroatoms. The summed E-state index contributed by atoms with van der Waals surface area (Å²) in [6.45, 7) is 0.515. The average Bonchev–Trinajstić information content (AvgIpc) is 2.91. The summed E-state index contributed by atoms with van der Waals surface area (Å²) in [5, 5.41) is 1.10. The quantitative estimate of drug-likeness (QED) is 0.754. The number of aromatic amines is 1. The van der Waals surface area contributed by atoms with E-state index in [1.807, 2.05) is 30.5 Å². The summed E-state index contributed by atoms with van der Waals surface area (Å²) in [5.41, 5.74) is 9.71. The highest BCUT2D eigenvalue weighted by Gasteiger charge is 2.10. The SMILES string of the molecule is COc1cccc2c(-c3cc(CN)ccn3)c[nH]c12. The second kappa shape index (κ2) is 4.74. The molecule has 0 saturated heterocycles. The summed E-state index contributed by atoms with van der Waals surface area (Å²) in [6.07, 6.45) is 3.74. The van der Waals surface area contributed by atoms with Gasteiger partial charge in [-0.15, -0.1) is 0 Å². The molecule has 3 rings (SSSR count). The Morgan fingerprint density at radius 1 is 1.32 bits per heavy atom. The van der Waals surface area contributed by atoms with Crippen LogP contribution in [0.5, 0.6) is 5.75 Å².